The molecule has 24 heavy (non-hydrogen) atoms. The smallest absolute Gasteiger partial charge is 0.222 e. The number of nitrogens with zero attached hydrogens (tertiary/aromatic N) is 7. The van der Waals surface area contributed by atoms with Gasteiger partial charge in [0.2, 0.25) is 5.95 Å². The Balaban J connectivity index is 1.44. The number of aromatic nitrogens is 7. The number of ether oxygens (including phenoxy) is 1. The van der Waals surface area contributed by atoms with Crippen molar-refractivity contribution in [1.82, 2.24) is 34.7 Å². The van der Waals surface area contributed by atoms with Crippen molar-refractivity contribution in [2.45, 2.75) is 26.2 Å². The van der Waals surface area contributed by atoms with E-state index >= 15 is 0 Å². The molecule has 1 aliphatic heterocycles. The van der Waals surface area contributed by atoms with Crippen LogP contribution in [0.25, 0.3) is 11.4 Å². The molecule has 0 saturated carbocycles. The third kappa shape index (κ3) is 2.73. The first kappa shape index (κ1) is 14.8. The highest BCUT2D eigenvalue weighted by molar-refractivity contribution is 5.56. The molecule has 1 N–H and O–H groups in total. The van der Waals surface area contributed by atoms with Crippen LogP contribution in [0.3, 0.4) is 0 Å². The predicted octanol–water partition coefficient (Wildman–Crippen LogP) is 0.788. The number of aryl methyl sites for hydroxylation is 2. The summed E-state index contributed by atoms with van der Waals surface area (Å²) >= 11 is 0. The maximum Gasteiger partial charge on any atom is 0.222 e. The fourth-order valence-electron chi connectivity index (χ4n) is 2.68. The van der Waals surface area contributed by atoms with E-state index in [1.807, 2.05) is 24.7 Å². The van der Waals surface area contributed by atoms with E-state index in [1.165, 1.54) is 0 Å². The van der Waals surface area contributed by atoms with Gasteiger partial charge in [0.25, 0.3) is 0 Å². The summed E-state index contributed by atoms with van der Waals surface area (Å²) < 4.78 is 9.62. The van der Waals surface area contributed by atoms with Crippen molar-refractivity contribution in [1.29, 1.82) is 0 Å². The Labute approximate surface area is 138 Å². The van der Waals surface area contributed by atoms with Crippen molar-refractivity contribution in [2.24, 2.45) is 7.05 Å². The molecule has 0 bridgehead atoms. The first-order valence-electron chi connectivity index (χ1n) is 7.75. The standard InChI is InChI=1S/C15H18N8O/c1-10-5-16-15(17-6-10)18-7-11-8-23-13(9-24-11)14(20-21-23)12-3-4-19-22(12)2/h3-6,11H,7-9H2,1-2H3,(H,16,17,18)/t11-/m1/s1. The molecule has 4 heterocycles. The average Bonchev–Trinajstić information content (AvgIpc) is 3.19. The zero-order valence-corrected chi connectivity index (χ0v) is 13.5. The van der Waals surface area contributed by atoms with E-state index in [0.29, 0.717) is 25.6 Å². The second kappa shape index (κ2) is 6.00. The van der Waals surface area contributed by atoms with E-state index in [2.05, 4.69) is 30.7 Å². The molecule has 4 rings (SSSR count). The summed E-state index contributed by atoms with van der Waals surface area (Å²) in [7, 11) is 1.89. The number of hydrogen-bond acceptors (Lipinski definition) is 7. The Morgan fingerprint density at radius 2 is 2.17 bits per heavy atom. The zero-order valence-electron chi connectivity index (χ0n) is 13.5. The van der Waals surface area contributed by atoms with E-state index in [0.717, 1.165) is 22.6 Å². The lowest BCUT2D eigenvalue weighted by atomic mass is 10.2. The van der Waals surface area contributed by atoms with Crippen molar-refractivity contribution in [3.8, 4) is 11.4 Å². The van der Waals surface area contributed by atoms with Crippen LogP contribution in [0.4, 0.5) is 5.95 Å². The van der Waals surface area contributed by atoms with Crippen LogP contribution >= 0.6 is 0 Å². The van der Waals surface area contributed by atoms with Crippen LogP contribution in [0, 0.1) is 6.92 Å². The minimum atomic E-state index is -0.0107. The molecule has 1 atom stereocenters. The molecule has 0 fully saturated rings. The van der Waals surface area contributed by atoms with Gasteiger partial charge in [-0.3, -0.25) is 4.68 Å². The third-order valence-electron chi connectivity index (χ3n) is 4.00. The fourth-order valence-corrected chi connectivity index (χ4v) is 2.68. The number of fused-ring (bicyclic) bond motifs is 1. The number of hydrogen-bond donors (Lipinski definition) is 1. The normalized spacial score (nSPS) is 16.8. The topological polar surface area (TPSA) is 95.6 Å². The van der Waals surface area contributed by atoms with Gasteiger partial charge in [0, 0.05) is 32.2 Å². The summed E-state index contributed by atoms with van der Waals surface area (Å²) in [6.07, 6.45) is 5.31. The molecule has 124 valence electrons. The fraction of sp³-hybridized carbons (Fsp3) is 0.400. The van der Waals surface area contributed by atoms with Gasteiger partial charge in [0.05, 0.1) is 30.6 Å². The van der Waals surface area contributed by atoms with Gasteiger partial charge in [-0.1, -0.05) is 5.21 Å². The molecular formula is C15H18N8O. The Kier molecular flexibility index (Phi) is 3.69. The summed E-state index contributed by atoms with van der Waals surface area (Å²) in [5.74, 6) is 0.601. The Morgan fingerprint density at radius 1 is 1.33 bits per heavy atom. The van der Waals surface area contributed by atoms with E-state index in [1.54, 1.807) is 23.3 Å². The number of rotatable bonds is 4. The molecule has 0 saturated heterocycles. The lowest BCUT2D eigenvalue weighted by Gasteiger charge is -2.24. The molecular weight excluding hydrogens is 308 g/mol. The minimum Gasteiger partial charge on any atom is -0.368 e. The van der Waals surface area contributed by atoms with E-state index in [-0.39, 0.29) is 6.10 Å². The van der Waals surface area contributed by atoms with Crippen molar-refractivity contribution >= 4 is 5.95 Å². The van der Waals surface area contributed by atoms with Crippen LogP contribution in [-0.4, -0.2) is 47.4 Å². The molecule has 1 aliphatic rings. The molecule has 0 radical (unpaired) electrons. The maximum atomic E-state index is 5.94. The van der Waals surface area contributed by atoms with Gasteiger partial charge in [-0.25, -0.2) is 14.6 Å². The van der Waals surface area contributed by atoms with Crippen molar-refractivity contribution in [2.75, 3.05) is 11.9 Å². The van der Waals surface area contributed by atoms with Gasteiger partial charge >= 0.3 is 0 Å². The van der Waals surface area contributed by atoms with Gasteiger partial charge in [-0.05, 0) is 18.6 Å². The molecule has 0 unspecified atom stereocenters. The Hall–Kier alpha value is -2.81. The molecule has 0 aromatic carbocycles. The first-order valence-corrected chi connectivity index (χ1v) is 7.75. The molecule has 0 spiro atoms. The molecule has 0 aliphatic carbocycles. The lowest BCUT2D eigenvalue weighted by molar-refractivity contribution is 0.00877. The predicted molar refractivity (Wildman–Crippen MR) is 86.1 cm³/mol. The summed E-state index contributed by atoms with van der Waals surface area (Å²) in [5.41, 5.74) is 3.76. The highest BCUT2D eigenvalue weighted by Crippen LogP contribution is 2.24. The summed E-state index contributed by atoms with van der Waals surface area (Å²) in [5, 5.41) is 15.9. The second-order valence-corrected chi connectivity index (χ2v) is 5.80. The van der Waals surface area contributed by atoms with Crippen LogP contribution in [0.5, 0.6) is 0 Å². The van der Waals surface area contributed by atoms with Gasteiger partial charge < -0.3 is 10.1 Å². The molecule has 3 aromatic heterocycles. The summed E-state index contributed by atoms with van der Waals surface area (Å²) in [4.78, 5) is 8.46. The zero-order chi connectivity index (χ0) is 16.5. The van der Waals surface area contributed by atoms with Gasteiger partial charge in [-0.2, -0.15) is 5.10 Å². The molecule has 9 heteroatoms. The average molecular weight is 326 g/mol. The quantitative estimate of drug-likeness (QED) is 0.757. The van der Waals surface area contributed by atoms with Gasteiger partial charge in [0.15, 0.2) is 0 Å². The minimum absolute atomic E-state index is 0.0107. The maximum absolute atomic E-state index is 5.94. The van der Waals surface area contributed by atoms with Gasteiger partial charge in [0.1, 0.15) is 5.69 Å². The van der Waals surface area contributed by atoms with E-state index in [4.69, 9.17) is 4.74 Å². The van der Waals surface area contributed by atoms with Crippen LogP contribution in [0.15, 0.2) is 24.7 Å². The van der Waals surface area contributed by atoms with Gasteiger partial charge in [-0.15, -0.1) is 5.10 Å². The number of nitrogens with one attached hydrogen (secondary N) is 1. The SMILES string of the molecule is Cc1cnc(NC[C@@H]2Cn3nnc(-c4ccnn4C)c3CO2)nc1. The summed E-state index contributed by atoms with van der Waals surface area (Å²) in [6.45, 7) is 3.68. The van der Waals surface area contributed by atoms with Crippen molar-refractivity contribution < 1.29 is 4.74 Å². The van der Waals surface area contributed by atoms with E-state index < -0.39 is 0 Å². The monoisotopic (exact) mass is 326 g/mol. The van der Waals surface area contributed by atoms with Crippen molar-refractivity contribution in [3.05, 3.63) is 35.9 Å². The Morgan fingerprint density at radius 3 is 2.92 bits per heavy atom. The Bertz CT molecular complexity index is 838. The van der Waals surface area contributed by atoms with Crippen molar-refractivity contribution in [3.63, 3.8) is 0 Å². The van der Waals surface area contributed by atoms with Crippen LogP contribution in [0.2, 0.25) is 0 Å². The highest BCUT2D eigenvalue weighted by Gasteiger charge is 2.25. The molecule has 0 amide bonds. The van der Waals surface area contributed by atoms with Crippen LogP contribution < -0.4 is 5.32 Å². The molecule has 3 aromatic rings. The first-order chi connectivity index (χ1) is 11.7. The molecule has 9 nitrogen and oxygen atoms in total. The van der Waals surface area contributed by atoms with Crippen LogP contribution in [-0.2, 0) is 24.9 Å². The van der Waals surface area contributed by atoms with Crippen LogP contribution in [0.1, 0.15) is 11.3 Å². The second-order valence-electron chi connectivity index (χ2n) is 5.80. The number of anilines is 1. The lowest BCUT2D eigenvalue weighted by Crippen LogP contribution is -2.33. The van der Waals surface area contributed by atoms with E-state index in [9.17, 15) is 0 Å². The third-order valence-corrected chi connectivity index (χ3v) is 4.00. The highest BCUT2D eigenvalue weighted by atomic mass is 16.5. The summed E-state index contributed by atoms with van der Waals surface area (Å²) in [6, 6.07) is 1.92. The largest absolute Gasteiger partial charge is 0.368 e.